The zero-order chi connectivity index (χ0) is 31.7. The molecule has 0 aromatic heterocycles. The number of para-hydroxylation sites is 1. The van der Waals surface area contributed by atoms with Gasteiger partial charge in [0.15, 0.2) is 23.0 Å². The number of nitrogens with one attached hydrogen (secondary N) is 1. The van der Waals surface area contributed by atoms with E-state index in [4.69, 9.17) is 23.7 Å². The van der Waals surface area contributed by atoms with Crippen LogP contribution in [-0.4, -0.2) is 45.7 Å². The Morgan fingerprint density at radius 1 is 0.935 bits per heavy atom. The molecule has 1 fully saturated rings. The van der Waals surface area contributed by atoms with Gasteiger partial charge in [-0.25, -0.2) is 0 Å². The summed E-state index contributed by atoms with van der Waals surface area (Å²) >= 11 is 5.69. The third-order valence-corrected chi connectivity index (χ3v) is 11.5. The van der Waals surface area contributed by atoms with Crippen molar-refractivity contribution in [2.75, 3.05) is 44.9 Å². The normalized spacial score (nSPS) is 23.8. The number of aromatic hydroxyl groups is 1. The summed E-state index contributed by atoms with van der Waals surface area (Å²) in [5, 5.41) is 14.6. The smallest absolute Gasteiger partial charge is 0.310 e. The second-order valence-corrected chi connectivity index (χ2v) is 13.8. The molecule has 0 radical (unpaired) electrons. The van der Waals surface area contributed by atoms with Crippen molar-refractivity contribution in [2.45, 2.75) is 22.2 Å². The van der Waals surface area contributed by atoms with Crippen LogP contribution in [0.5, 0.6) is 28.7 Å². The number of methoxy groups -OCH3 is 2. The maximum absolute atomic E-state index is 13.6. The number of carbonyl (C=O) groups is 1. The molecule has 4 aromatic carbocycles. The Morgan fingerprint density at radius 2 is 1.65 bits per heavy atom. The van der Waals surface area contributed by atoms with Crippen molar-refractivity contribution in [3.8, 4) is 28.7 Å². The summed E-state index contributed by atoms with van der Waals surface area (Å²) in [7, 11) is 5.10. The zero-order valence-electron chi connectivity index (χ0n) is 25.3. The average Bonchev–Trinajstić information content (AvgIpc) is 3.78. The maximum Gasteiger partial charge on any atom is 0.310 e. The molecule has 3 aliphatic heterocycles. The summed E-state index contributed by atoms with van der Waals surface area (Å²) in [6.07, 6.45) is 0. The number of fused-ring (bicyclic) bond motifs is 4. The predicted molar refractivity (Wildman–Crippen MR) is 178 cm³/mol. The summed E-state index contributed by atoms with van der Waals surface area (Å²) in [5.41, 5.74) is 5.97. The third kappa shape index (κ3) is 4.54. The fourth-order valence-electron chi connectivity index (χ4n) is 7.28. The summed E-state index contributed by atoms with van der Waals surface area (Å²) in [4.78, 5) is 17.1. The van der Waals surface area contributed by atoms with Gasteiger partial charge in [-0.1, -0.05) is 30.0 Å². The zero-order valence-corrected chi connectivity index (χ0v) is 27.7. The van der Waals surface area contributed by atoms with E-state index in [1.165, 1.54) is 30.4 Å². The molecule has 1 saturated heterocycles. The van der Waals surface area contributed by atoms with E-state index >= 15 is 0 Å². The minimum absolute atomic E-state index is 0.0973. The lowest BCUT2D eigenvalue weighted by atomic mass is 9.65. The molecule has 8 rings (SSSR count). The number of phenolic OH excluding ortho intramolecular Hbond substituents is 1. The Morgan fingerprint density at radius 3 is 2.35 bits per heavy atom. The first-order valence-electron chi connectivity index (χ1n) is 15.0. The van der Waals surface area contributed by atoms with Crippen LogP contribution in [0.15, 0.2) is 76.1 Å². The first-order chi connectivity index (χ1) is 22.4. The van der Waals surface area contributed by atoms with Gasteiger partial charge in [-0.05, 0) is 86.7 Å². The molecule has 1 unspecified atom stereocenters. The Balaban J connectivity index is 1.20. The van der Waals surface area contributed by atoms with E-state index in [2.05, 4.69) is 75.7 Å². The van der Waals surface area contributed by atoms with E-state index in [0.29, 0.717) is 11.5 Å². The quantitative estimate of drug-likeness (QED) is 0.200. The number of rotatable bonds is 6. The minimum atomic E-state index is -0.510. The SMILES string of the molecule is COc1cc([C@@H]2c3cc4c(cc3[C@@H](Nc3ccc(C5Sc6ccccc6N5C)cc3Br)[C@H]3COC(=O)[C@H]23)OCO4)cc(OC)c1O. The van der Waals surface area contributed by atoms with Crippen molar-refractivity contribution in [2.24, 2.45) is 11.8 Å². The standard InChI is InChI=1S/C35H31BrN2O7S/c1-38-24-6-4-5-7-29(24)46-34(38)17-8-9-23(22(36)10-17)37-32-20-14-26-25(44-16-45-26)13-19(20)30(31-21(32)15-43-35(31)40)18-11-27(41-2)33(39)28(12-18)42-3/h4-14,21,30-32,34,37,39H,15-16H2,1-3H3/t21-,30+,31-,32+,34?/m0/s1. The second kappa shape index (κ2) is 11.2. The molecule has 0 saturated carbocycles. The van der Waals surface area contributed by atoms with Crippen LogP contribution in [0.1, 0.15) is 39.6 Å². The summed E-state index contributed by atoms with van der Waals surface area (Å²) in [5.74, 6) is 0.313. The lowest BCUT2D eigenvalue weighted by Gasteiger charge is -2.40. The first kappa shape index (κ1) is 29.2. The van der Waals surface area contributed by atoms with E-state index in [1.807, 2.05) is 23.9 Å². The number of nitrogens with zero attached hydrogens (tertiary/aromatic N) is 1. The summed E-state index contributed by atoms with van der Waals surface area (Å²) in [6.45, 7) is 0.386. The molecule has 2 N–H and O–H groups in total. The van der Waals surface area contributed by atoms with Gasteiger partial charge in [-0.2, -0.15) is 0 Å². The highest BCUT2D eigenvalue weighted by molar-refractivity contribution is 9.10. The molecular weight excluding hydrogens is 672 g/mol. The topological polar surface area (TPSA) is 98.7 Å². The highest BCUT2D eigenvalue weighted by Crippen LogP contribution is 2.57. The van der Waals surface area contributed by atoms with Crippen LogP contribution in [-0.2, 0) is 9.53 Å². The third-order valence-electron chi connectivity index (χ3n) is 9.47. The monoisotopic (exact) mass is 702 g/mol. The molecule has 5 atom stereocenters. The van der Waals surface area contributed by atoms with Gasteiger partial charge in [0.1, 0.15) is 5.37 Å². The number of esters is 1. The molecule has 236 valence electrons. The molecule has 3 heterocycles. The number of cyclic esters (lactones) is 1. The van der Waals surface area contributed by atoms with Crippen molar-refractivity contribution < 1.29 is 33.6 Å². The van der Waals surface area contributed by atoms with Gasteiger partial charge >= 0.3 is 5.97 Å². The molecule has 1 aliphatic carbocycles. The molecule has 0 bridgehead atoms. The van der Waals surface area contributed by atoms with E-state index in [1.54, 1.807) is 12.1 Å². The first-order valence-corrected chi connectivity index (χ1v) is 16.6. The maximum atomic E-state index is 13.6. The van der Waals surface area contributed by atoms with Crippen LogP contribution >= 0.6 is 27.7 Å². The molecular formula is C35H31BrN2O7S. The molecule has 9 nitrogen and oxygen atoms in total. The Bertz CT molecular complexity index is 1860. The molecule has 4 aromatic rings. The summed E-state index contributed by atoms with van der Waals surface area (Å²) in [6, 6.07) is 22.1. The molecule has 4 aliphatic rings. The van der Waals surface area contributed by atoms with E-state index in [0.717, 1.165) is 26.9 Å². The van der Waals surface area contributed by atoms with Crippen LogP contribution in [0.25, 0.3) is 0 Å². The van der Waals surface area contributed by atoms with Gasteiger partial charge in [0.2, 0.25) is 12.5 Å². The van der Waals surface area contributed by atoms with Crippen molar-refractivity contribution in [3.63, 3.8) is 0 Å². The van der Waals surface area contributed by atoms with E-state index in [9.17, 15) is 9.90 Å². The number of thioether (sulfide) groups is 1. The minimum Gasteiger partial charge on any atom is -0.502 e. The number of hydrogen-bond donors (Lipinski definition) is 2. The van der Waals surface area contributed by atoms with Gasteiger partial charge in [-0.15, -0.1) is 0 Å². The number of ether oxygens (including phenoxy) is 5. The number of phenols is 1. The van der Waals surface area contributed by atoms with E-state index < -0.39 is 11.8 Å². The lowest BCUT2D eigenvalue weighted by molar-refractivity contribution is -0.141. The summed E-state index contributed by atoms with van der Waals surface area (Å²) < 4.78 is 29.3. The van der Waals surface area contributed by atoms with Gasteiger partial charge in [0.25, 0.3) is 0 Å². The number of carbonyl (C=O) groups excluding carboxylic acids is 1. The molecule has 0 amide bonds. The van der Waals surface area contributed by atoms with Crippen LogP contribution < -0.4 is 29.2 Å². The highest BCUT2D eigenvalue weighted by atomic mass is 79.9. The number of anilines is 2. The molecule has 46 heavy (non-hydrogen) atoms. The van der Waals surface area contributed by atoms with Crippen LogP contribution in [0.2, 0.25) is 0 Å². The second-order valence-electron chi connectivity index (χ2n) is 11.8. The fraction of sp³-hybridized carbons (Fsp3) is 0.286. The largest absolute Gasteiger partial charge is 0.502 e. The number of hydrogen-bond acceptors (Lipinski definition) is 10. The van der Waals surface area contributed by atoms with Crippen molar-refractivity contribution >= 4 is 45.0 Å². The van der Waals surface area contributed by atoms with Crippen molar-refractivity contribution in [1.29, 1.82) is 0 Å². The van der Waals surface area contributed by atoms with Crippen LogP contribution in [0.4, 0.5) is 11.4 Å². The van der Waals surface area contributed by atoms with Gasteiger partial charge in [0, 0.05) is 33.9 Å². The Labute approximate surface area is 278 Å². The van der Waals surface area contributed by atoms with Gasteiger partial charge < -0.3 is 39.0 Å². The Hall–Kier alpha value is -4.22. The molecule has 0 spiro atoms. The van der Waals surface area contributed by atoms with Crippen molar-refractivity contribution in [3.05, 3.63) is 93.5 Å². The number of benzene rings is 4. The predicted octanol–water partition coefficient (Wildman–Crippen LogP) is 7.23. The average molecular weight is 704 g/mol. The number of halogens is 1. The van der Waals surface area contributed by atoms with Crippen molar-refractivity contribution in [1.82, 2.24) is 0 Å². The lowest BCUT2D eigenvalue weighted by Crippen LogP contribution is -2.37. The highest BCUT2D eigenvalue weighted by Gasteiger charge is 2.53. The van der Waals surface area contributed by atoms with Gasteiger partial charge in [0.05, 0.1) is 38.5 Å². The molecule has 11 heteroatoms. The van der Waals surface area contributed by atoms with Crippen LogP contribution in [0, 0.1) is 11.8 Å². The Kier molecular flexibility index (Phi) is 7.13. The van der Waals surface area contributed by atoms with Gasteiger partial charge in [-0.3, -0.25) is 4.79 Å². The van der Waals surface area contributed by atoms with Crippen LogP contribution in [0.3, 0.4) is 0 Å². The fourth-order valence-corrected chi connectivity index (χ4v) is 9.07. The van der Waals surface area contributed by atoms with E-state index in [-0.39, 0.29) is 54.0 Å².